The molecule has 0 amide bonds. The maximum atomic E-state index is 13.4. The number of ether oxygens (including phenoxy) is 7. The second-order valence-corrected chi connectivity index (χ2v) is 34.7. The van der Waals surface area contributed by atoms with E-state index in [9.17, 15) is 92.8 Å². The van der Waals surface area contributed by atoms with E-state index in [0.717, 1.165) is 88.3 Å². The Kier molecular flexibility index (Phi) is 30.9. The van der Waals surface area contributed by atoms with Crippen LogP contribution in [0.1, 0.15) is 93.4 Å². The molecule has 0 spiro atoms. The van der Waals surface area contributed by atoms with Crippen molar-refractivity contribution in [2.45, 2.75) is 83.2 Å². The predicted molar refractivity (Wildman–Crippen MR) is 438 cm³/mol. The van der Waals surface area contributed by atoms with Gasteiger partial charge in [-0.1, -0.05) is 185 Å². The zero-order valence-electron chi connectivity index (χ0n) is 64.2. The summed E-state index contributed by atoms with van der Waals surface area (Å²) in [5.74, 6) is 1.81. The average Bonchev–Trinajstić information content (AvgIpc) is 0.716. The monoisotopic (exact) mass is 1750 g/mol. The van der Waals surface area contributed by atoms with Gasteiger partial charge in [-0.05, 0) is 215 Å². The van der Waals surface area contributed by atoms with Crippen LogP contribution in [0, 0.1) is 22.7 Å². The second kappa shape index (κ2) is 40.3. The van der Waals surface area contributed by atoms with Crippen LogP contribution in [0.3, 0.4) is 0 Å². The quantitative estimate of drug-likeness (QED) is 0.0144. The molecule has 2 unspecified atom stereocenters. The number of carbonyl (C=O) groups excluding carboxylic acids is 4. The number of ketones is 1. The highest BCUT2D eigenvalue weighted by atomic mass is 32.2. The highest BCUT2D eigenvalue weighted by molar-refractivity contribution is 7.87. The molecule has 634 valence electrons. The van der Waals surface area contributed by atoms with Crippen molar-refractivity contribution in [3.8, 4) is 28.7 Å². The number of fused-ring (bicyclic) bond motifs is 1. The molecule has 14 rings (SSSR count). The lowest BCUT2D eigenvalue weighted by atomic mass is 9.44. The number of esters is 2. The van der Waals surface area contributed by atoms with E-state index in [2.05, 4.69) is 42.4 Å². The number of hydrogen-bond donors (Lipinski definition) is 0. The lowest BCUT2D eigenvalue weighted by Gasteiger charge is -2.60. The molecule has 121 heavy (non-hydrogen) atoms. The first-order valence-electron chi connectivity index (χ1n) is 36.4. The van der Waals surface area contributed by atoms with Crippen LogP contribution in [-0.2, 0) is 89.3 Å². The Bertz CT molecular complexity index is 6030. The molecule has 4 aliphatic carbocycles. The topological polar surface area (TPSA) is 419 Å². The van der Waals surface area contributed by atoms with Crippen LogP contribution in [0.2, 0.25) is 0 Å². The first kappa shape index (κ1) is 92.7. The Morgan fingerprint density at radius 2 is 0.860 bits per heavy atom. The number of halogens is 2. The Labute approximate surface area is 698 Å². The highest BCUT2D eigenvalue weighted by Crippen LogP contribution is 2.66. The number of rotatable bonds is 28. The molecule has 0 heterocycles. The van der Waals surface area contributed by atoms with E-state index in [-0.39, 0.29) is 64.3 Å². The van der Waals surface area contributed by atoms with Crippen LogP contribution in [-0.4, -0.2) is 107 Å². The van der Waals surface area contributed by atoms with Gasteiger partial charge < -0.3 is 55.9 Å². The second-order valence-electron chi connectivity index (χ2n) is 27.9. The first-order valence-corrected chi connectivity index (χ1v) is 43.4. The van der Waals surface area contributed by atoms with Crippen molar-refractivity contribution < 1.29 is 126 Å². The average molecular weight is 1750 g/mol. The molecule has 26 nitrogen and oxygen atoms in total. The first-order chi connectivity index (χ1) is 57.1. The molecule has 0 radical (unpaired) electrons. The SMILES string of the molecule is C=Cc1ccc(OC(=O)Cc2ccccc2S(=O)(=O)[O-])cc1.C=Cc1ccc(OC(=O)OC(F)(F)S(=O)(=O)[O-])cc1.C=Cc1ccc(OCC(=O)c2ccccc2S(=O)(=O)[O-])cc1.C=Cc1ccc(OCC23CC4CC(C2)CC(C(=O)OCc2ccc(S(=O)(=O)[O-])cc2)(C4)C3)cc1.C=Cc1ccc2cc(OCc3ccc(S(=O)(=O)[O-])cc3)ccc2c1. The van der Waals surface area contributed by atoms with Gasteiger partial charge in [0, 0.05) is 11.0 Å². The molecule has 4 saturated carbocycles. The number of alkyl halides is 2. The van der Waals surface area contributed by atoms with Gasteiger partial charge >= 0.3 is 23.5 Å². The molecule has 0 aliphatic heterocycles. The lowest BCUT2D eigenvalue weighted by Crippen LogP contribution is -2.57. The fourth-order valence-electron chi connectivity index (χ4n) is 13.9. The fraction of sp³-hybridized carbons (Fsp3) is 0.182. The van der Waals surface area contributed by atoms with Crippen molar-refractivity contribution in [3.63, 3.8) is 0 Å². The fourth-order valence-corrected chi connectivity index (χ4v) is 16.4. The molecule has 2 atom stereocenters. The molecule has 10 aromatic carbocycles. The van der Waals surface area contributed by atoms with Crippen LogP contribution in [0.15, 0.2) is 283 Å². The highest BCUT2D eigenvalue weighted by Gasteiger charge is 2.61. The maximum absolute atomic E-state index is 13.4. The summed E-state index contributed by atoms with van der Waals surface area (Å²) in [6, 6.07) is 60.8. The van der Waals surface area contributed by atoms with Gasteiger partial charge in [0.05, 0.1) is 38.0 Å². The van der Waals surface area contributed by atoms with Gasteiger partial charge in [-0.25, -0.2) is 46.9 Å². The van der Waals surface area contributed by atoms with E-state index >= 15 is 0 Å². The maximum Gasteiger partial charge on any atom is 0.519 e. The Morgan fingerprint density at radius 3 is 1.34 bits per heavy atom. The van der Waals surface area contributed by atoms with Gasteiger partial charge in [0.2, 0.25) is 15.9 Å². The van der Waals surface area contributed by atoms with Gasteiger partial charge in [-0.15, -0.1) is 0 Å². The standard InChI is InChI=1S/C27H30O6S.C19H16O4S.2C16H14O5S.C10H8F2O6S/c1-2-19-3-7-23(8-4-19)33-18-26-12-21-11-22(13-26)15-27(14-21,17-26)25(28)32-16-20-5-9-24(10-6-20)34(29,30)31;1-2-14-3-6-17-12-18(8-7-16(17)11-14)23-13-15-4-9-19(10-5-15)24(20,21)22;1-2-12-7-9-13(10-8-12)21-11-15(17)14-5-3-4-6-16(14)22(18,19)20;1-2-12-7-9-14(10-8-12)21-16(17)11-13-5-3-4-6-15(13)22(18,19)20;1-2-7-3-5-8(6-4-7)17-9(13)18-10(11,12)19(14,15)16/h2-10,21-22H,1,11-18H2,(H,29,30,31);2-12H,1,13H2,(H,20,21,22);2*2-10H,1,11H2,(H,18,19,20);2-6H,1H2,(H,14,15,16)/p-5. The Morgan fingerprint density at radius 1 is 0.438 bits per heavy atom. The van der Waals surface area contributed by atoms with E-state index in [1.54, 1.807) is 91.0 Å². The zero-order chi connectivity index (χ0) is 88.1. The van der Waals surface area contributed by atoms with Gasteiger partial charge in [-0.3, -0.25) is 14.4 Å². The van der Waals surface area contributed by atoms with Crippen molar-refractivity contribution in [2.24, 2.45) is 22.7 Å². The molecule has 4 fully saturated rings. The van der Waals surface area contributed by atoms with Crippen molar-refractivity contribution in [1.82, 2.24) is 0 Å². The predicted octanol–water partition coefficient (Wildman–Crippen LogP) is 15.7. The Balaban J connectivity index is 0.000000175. The molecule has 0 N–H and O–H groups in total. The number of hydrogen-bond acceptors (Lipinski definition) is 26. The molecule has 4 aliphatic rings. The normalized spacial score (nSPS) is 16.4. The summed E-state index contributed by atoms with van der Waals surface area (Å²) in [6.07, 6.45) is 12.0. The lowest BCUT2D eigenvalue weighted by molar-refractivity contribution is -0.185. The van der Waals surface area contributed by atoms with Gasteiger partial charge in [-0.2, -0.15) is 8.78 Å². The summed E-state index contributed by atoms with van der Waals surface area (Å²) in [4.78, 5) is 46.7. The third-order valence-corrected chi connectivity index (χ3v) is 23.4. The third-order valence-electron chi connectivity index (χ3n) is 19.2. The van der Waals surface area contributed by atoms with Crippen LogP contribution >= 0.6 is 0 Å². The molecular weight excluding hydrogens is 1670 g/mol. The Hall–Kier alpha value is -12.2. The van der Waals surface area contributed by atoms with Crippen molar-refractivity contribution in [2.75, 3.05) is 13.2 Å². The molecule has 33 heteroatoms. The van der Waals surface area contributed by atoms with E-state index < -0.39 is 89.1 Å². The van der Waals surface area contributed by atoms with Crippen LogP contribution in [0.25, 0.3) is 41.2 Å². The minimum absolute atomic E-state index is 0.00958. The minimum Gasteiger partial charge on any atom is -0.744 e. The van der Waals surface area contributed by atoms with Gasteiger partial charge in [0.25, 0.3) is 0 Å². The van der Waals surface area contributed by atoms with Gasteiger partial charge in [0.1, 0.15) is 82.4 Å². The summed E-state index contributed by atoms with van der Waals surface area (Å²) in [5, 5.41) is 2.16. The summed E-state index contributed by atoms with van der Waals surface area (Å²) in [5.41, 5.74) is 0.282. The molecular formula is C88H77F2O26S5-5. The van der Waals surface area contributed by atoms with E-state index in [1.165, 1.54) is 110 Å². The summed E-state index contributed by atoms with van der Waals surface area (Å²) in [6.45, 7) is 18.8. The molecule has 0 saturated heterocycles. The molecule has 0 aromatic heterocycles. The number of benzene rings is 10. The van der Waals surface area contributed by atoms with Crippen molar-refractivity contribution in [3.05, 3.63) is 313 Å². The summed E-state index contributed by atoms with van der Waals surface area (Å²) < 4.78 is 224. The van der Waals surface area contributed by atoms with Crippen LogP contribution < -0.4 is 23.7 Å². The van der Waals surface area contributed by atoms with Crippen molar-refractivity contribution in [1.29, 1.82) is 0 Å². The van der Waals surface area contributed by atoms with Gasteiger partial charge in [0.15, 0.2) is 6.61 Å². The summed E-state index contributed by atoms with van der Waals surface area (Å²) in [7, 11) is -24.4. The summed E-state index contributed by atoms with van der Waals surface area (Å²) >= 11 is 0. The van der Waals surface area contributed by atoms with E-state index in [1.807, 2.05) is 60.7 Å². The third kappa shape index (κ3) is 26.7. The minimum atomic E-state index is -6.12. The molecule has 4 bridgehead atoms. The molecule has 10 aromatic rings. The van der Waals surface area contributed by atoms with Crippen LogP contribution in [0.5, 0.6) is 28.7 Å². The van der Waals surface area contributed by atoms with E-state index in [4.69, 9.17) is 23.7 Å². The van der Waals surface area contributed by atoms with Crippen molar-refractivity contribution >= 4 is 116 Å². The smallest absolute Gasteiger partial charge is 0.519 e. The number of carbonyl (C=O) groups is 4. The van der Waals surface area contributed by atoms with Crippen LogP contribution in [0.4, 0.5) is 13.6 Å². The zero-order valence-corrected chi connectivity index (χ0v) is 68.3. The number of Topliss-reactive ketones (excluding diaryl/α,β-unsaturated/α-hetero) is 1. The largest absolute Gasteiger partial charge is 0.744 e. The van der Waals surface area contributed by atoms with E-state index in [0.29, 0.717) is 41.1 Å².